The van der Waals surface area contributed by atoms with Gasteiger partial charge in [-0.2, -0.15) is 0 Å². The van der Waals surface area contributed by atoms with E-state index >= 15 is 0 Å². The summed E-state index contributed by atoms with van der Waals surface area (Å²) in [7, 11) is 0. The van der Waals surface area contributed by atoms with Crippen LogP contribution in [0, 0.1) is 11.6 Å². The van der Waals surface area contributed by atoms with Crippen LogP contribution in [0.5, 0.6) is 0 Å². The van der Waals surface area contributed by atoms with Crippen LogP contribution in [0.3, 0.4) is 0 Å². The molecule has 2 fully saturated rings. The van der Waals surface area contributed by atoms with E-state index in [-0.39, 0.29) is 17.7 Å². The number of amides is 1. The third-order valence-electron chi connectivity index (χ3n) is 4.18. The lowest BCUT2D eigenvalue weighted by molar-refractivity contribution is -0.0754. The molecule has 0 N–H and O–H groups in total. The van der Waals surface area contributed by atoms with Crippen molar-refractivity contribution in [2.75, 3.05) is 13.2 Å². The Morgan fingerprint density at radius 3 is 2.90 bits per heavy atom. The summed E-state index contributed by atoms with van der Waals surface area (Å²) in [5.41, 5.74) is -0.184. The first-order chi connectivity index (χ1) is 9.68. The van der Waals surface area contributed by atoms with Crippen LogP contribution in [0.25, 0.3) is 0 Å². The first-order valence-electron chi connectivity index (χ1n) is 7.05. The van der Waals surface area contributed by atoms with Crippen LogP contribution in [-0.4, -0.2) is 36.1 Å². The highest BCUT2D eigenvalue weighted by molar-refractivity contribution is 5.94. The number of halogens is 2. The number of morpholine rings is 1. The Morgan fingerprint density at radius 1 is 1.25 bits per heavy atom. The van der Waals surface area contributed by atoms with Crippen molar-refractivity contribution in [3.8, 4) is 0 Å². The molecule has 1 aromatic rings. The lowest BCUT2D eigenvalue weighted by atomic mass is 9.89. The topological polar surface area (TPSA) is 29.5 Å². The molecule has 2 atom stereocenters. The maximum Gasteiger partial charge on any atom is 0.257 e. The largest absolute Gasteiger partial charge is 0.374 e. The lowest BCUT2D eigenvalue weighted by Gasteiger charge is -2.43. The summed E-state index contributed by atoms with van der Waals surface area (Å²) in [6.07, 6.45) is 3.98. The summed E-state index contributed by atoms with van der Waals surface area (Å²) in [4.78, 5) is 14.1. The van der Waals surface area contributed by atoms with Crippen LogP contribution in [-0.2, 0) is 4.74 Å². The van der Waals surface area contributed by atoms with Crippen LogP contribution in [0.15, 0.2) is 18.2 Å². The van der Waals surface area contributed by atoms with Gasteiger partial charge in [-0.05, 0) is 25.0 Å². The third kappa shape index (κ3) is 2.30. The Bertz CT molecular complexity index is 519. The average molecular weight is 281 g/mol. The standard InChI is InChI=1S/C15H17F2NO2/c16-11-5-3-4-10(14(11)17)15(19)18-8-9-20-13-7-2-1-6-12(13)18/h3-5,12-13H,1-2,6-9H2. The fourth-order valence-corrected chi connectivity index (χ4v) is 3.17. The van der Waals surface area contributed by atoms with Crippen molar-refractivity contribution in [2.45, 2.75) is 37.8 Å². The highest BCUT2D eigenvalue weighted by Crippen LogP contribution is 2.29. The van der Waals surface area contributed by atoms with Gasteiger partial charge in [-0.3, -0.25) is 4.79 Å². The Balaban J connectivity index is 1.87. The van der Waals surface area contributed by atoms with Gasteiger partial charge in [0.05, 0.1) is 24.3 Å². The summed E-state index contributed by atoms with van der Waals surface area (Å²) in [5, 5.41) is 0. The number of carbonyl (C=O) groups excluding carboxylic acids is 1. The molecule has 3 rings (SSSR count). The molecule has 2 aliphatic rings. The first kappa shape index (κ1) is 13.5. The number of hydrogen-bond donors (Lipinski definition) is 0. The van der Waals surface area contributed by atoms with Crippen molar-refractivity contribution < 1.29 is 18.3 Å². The van der Waals surface area contributed by atoms with Crippen molar-refractivity contribution >= 4 is 5.91 Å². The molecule has 3 nitrogen and oxygen atoms in total. The molecule has 1 heterocycles. The zero-order chi connectivity index (χ0) is 14.1. The molecular formula is C15H17F2NO2. The second-order valence-electron chi connectivity index (χ2n) is 5.36. The average Bonchev–Trinajstić information content (AvgIpc) is 2.49. The van der Waals surface area contributed by atoms with E-state index < -0.39 is 17.5 Å². The number of nitrogens with zero attached hydrogens (tertiary/aromatic N) is 1. The van der Waals surface area contributed by atoms with Gasteiger partial charge in [0, 0.05) is 6.54 Å². The van der Waals surface area contributed by atoms with Crippen molar-refractivity contribution in [3.05, 3.63) is 35.4 Å². The normalized spacial score (nSPS) is 26.2. The predicted molar refractivity (Wildman–Crippen MR) is 69.4 cm³/mol. The van der Waals surface area contributed by atoms with Crippen LogP contribution in [0.1, 0.15) is 36.0 Å². The van der Waals surface area contributed by atoms with Crippen molar-refractivity contribution in [1.29, 1.82) is 0 Å². The van der Waals surface area contributed by atoms with Crippen molar-refractivity contribution in [1.82, 2.24) is 4.90 Å². The fraction of sp³-hybridized carbons (Fsp3) is 0.533. The Labute approximate surface area is 116 Å². The number of ether oxygens (including phenoxy) is 1. The van der Waals surface area contributed by atoms with Gasteiger partial charge in [-0.25, -0.2) is 8.78 Å². The molecule has 1 aliphatic carbocycles. The van der Waals surface area contributed by atoms with E-state index in [0.717, 1.165) is 31.7 Å². The fourth-order valence-electron chi connectivity index (χ4n) is 3.17. The van der Waals surface area contributed by atoms with E-state index in [1.165, 1.54) is 12.1 Å². The summed E-state index contributed by atoms with van der Waals surface area (Å²) in [6, 6.07) is 3.72. The SMILES string of the molecule is O=C(c1cccc(F)c1F)N1CCOC2CCCCC21. The molecule has 0 bridgehead atoms. The first-order valence-corrected chi connectivity index (χ1v) is 7.05. The molecule has 2 unspecified atom stereocenters. The molecule has 1 saturated heterocycles. The number of rotatable bonds is 1. The Morgan fingerprint density at radius 2 is 2.05 bits per heavy atom. The van der Waals surface area contributed by atoms with Gasteiger partial charge in [0.25, 0.3) is 5.91 Å². The Kier molecular flexibility index (Phi) is 3.70. The van der Waals surface area contributed by atoms with Gasteiger partial charge in [-0.1, -0.05) is 18.9 Å². The number of fused-ring (bicyclic) bond motifs is 1. The van der Waals surface area contributed by atoms with E-state index in [0.29, 0.717) is 13.2 Å². The Hall–Kier alpha value is -1.49. The second-order valence-corrected chi connectivity index (χ2v) is 5.36. The zero-order valence-corrected chi connectivity index (χ0v) is 11.1. The maximum absolute atomic E-state index is 13.8. The number of hydrogen-bond acceptors (Lipinski definition) is 2. The van der Waals surface area contributed by atoms with E-state index in [1.807, 2.05) is 0 Å². The summed E-state index contributed by atoms with van der Waals surface area (Å²) in [6.45, 7) is 0.903. The molecule has 20 heavy (non-hydrogen) atoms. The third-order valence-corrected chi connectivity index (χ3v) is 4.18. The molecule has 1 saturated carbocycles. The van der Waals surface area contributed by atoms with Gasteiger partial charge in [-0.15, -0.1) is 0 Å². The number of carbonyl (C=O) groups is 1. The molecule has 5 heteroatoms. The van der Waals surface area contributed by atoms with E-state index in [4.69, 9.17) is 4.74 Å². The smallest absolute Gasteiger partial charge is 0.257 e. The minimum Gasteiger partial charge on any atom is -0.374 e. The monoisotopic (exact) mass is 281 g/mol. The predicted octanol–water partition coefficient (Wildman–Crippen LogP) is 2.75. The quantitative estimate of drug-likeness (QED) is 0.792. The highest BCUT2D eigenvalue weighted by atomic mass is 19.2. The molecule has 0 radical (unpaired) electrons. The van der Waals surface area contributed by atoms with E-state index in [9.17, 15) is 13.6 Å². The maximum atomic E-state index is 13.8. The minimum absolute atomic E-state index is 0.00679. The molecule has 0 aromatic heterocycles. The van der Waals surface area contributed by atoms with Gasteiger partial charge in [0.2, 0.25) is 0 Å². The van der Waals surface area contributed by atoms with E-state index in [1.54, 1.807) is 4.90 Å². The minimum atomic E-state index is -1.06. The van der Waals surface area contributed by atoms with Gasteiger partial charge < -0.3 is 9.64 Å². The lowest BCUT2D eigenvalue weighted by Crippen LogP contribution is -2.55. The van der Waals surface area contributed by atoms with Crippen LogP contribution >= 0.6 is 0 Å². The van der Waals surface area contributed by atoms with Crippen LogP contribution in [0.2, 0.25) is 0 Å². The molecule has 1 amide bonds. The van der Waals surface area contributed by atoms with Crippen molar-refractivity contribution in [3.63, 3.8) is 0 Å². The highest BCUT2D eigenvalue weighted by Gasteiger charge is 2.37. The summed E-state index contributed by atoms with van der Waals surface area (Å²) >= 11 is 0. The van der Waals surface area contributed by atoms with Gasteiger partial charge >= 0.3 is 0 Å². The summed E-state index contributed by atoms with van der Waals surface area (Å²) in [5.74, 6) is -2.47. The van der Waals surface area contributed by atoms with Crippen LogP contribution < -0.4 is 0 Å². The molecule has 1 aromatic carbocycles. The molecule has 0 spiro atoms. The second kappa shape index (κ2) is 5.48. The summed E-state index contributed by atoms with van der Waals surface area (Å²) < 4.78 is 32.7. The molecule has 1 aliphatic heterocycles. The number of benzene rings is 1. The molecular weight excluding hydrogens is 264 g/mol. The zero-order valence-electron chi connectivity index (χ0n) is 11.1. The molecule has 108 valence electrons. The van der Waals surface area contributed by atoms with E-state index in [2.05, 4.69) is 0 Å². The van der Waals surface area contributed by atoms with Gasteiger partial charge in [0.15, 0.2) is 11.6 Å². The van der Waals surface area contributed by atoms with Gasteiger partial charge in [0.1, 0.15) is 0 Å². The van der Waals surface area contributed by atoms with Crippen molar-refractivity contribution in [2.24, 2.45) is 0 Å². The van der Waals surface area contributed by atoms with Crippen LogP contribution in [0.4, 0.5) is 8.78 Å².